The van der Waals surface area contributed by atoms with Crippen molar-refractivity contribution in [2.75, 3.05) is 10.6 Å². The Kier molecular flexibility index (Phi) is 5.67. The molecule has 0 heterocycles. The Bertz CT molecular complexity index is 1040. The van der Waals surface area contributed by atoms with E-state index in [0.29, 0.717) is 11.1 Å². The van der Waals surface area contributed by atoms with E-state index in [0.717, 1.165) is 46.4 Å². The van der Waals surface area contributed by atoms with Gasteiger partial charge in [0.15, 0.2) is 0 Å². The van der Waals surface area contributed by atoms with Crippen LogP contribution in [0.5, 0.6) is 0 Å². The van der Waals surface area contributed by atoms with Gasteiger partial charge in [-0.2, -0.15) is 0 Å². The second kappa shape index (κ2) is 8.88. The van der Waals surface area contributed by atoms with Crippen molar-refractivity contribution in [2.45, 2.75) is 0 Å². The van der Waals surface area contributed by atoms with Gasteiger partial charge in [0.1, 0.15) is 12.6 Å². The Labute approximate surface area is 175 Å². The van der Waals surface area contributed by atoms with Gasteiger partial charge in [0, 0.05) is 33.9 Å². The van der Waals surface area contributed by atoms with Crippen molar-refractivity contribution in [3.05, 3.63) is 108 Å². The van der Waals surface area contributed by atoms with Gasteiger partial charge in [-0.15, -0.1) is 0 Å². The van der Waals surface area contributed by atoms with E-state index in [4.69, 9.17) is 0 Å². The predicted molar refractivity (Wildman–Crippen MR) is 122 cm³/mol. The monoisotopic (exact) mass is 392 g/mol. The zero-order chi connectivity index (χ0) is 20.8. The van der Waals surface area contributed by atoms with Crippen molar-refractivity contribution in [3.8, 4) is 11.1 Å². The summed E-state index contributed by atoms with van der Waals surface area (Å²) in [4.78, 5) is 21.5. The topological polar surface area (TPSA) is 58.2 Å². The van der Waals surface area contributed by atoms with Gasteiger partial charge in [0.05, 0.1) is 0 Å². The van der Waals surface area contributed by atoms with Gasteiger partial charge < -0.3 is 10.6 Å². The average molecular weight is 392 g/mol. The molecule has 4 nitrogen and oxygen atoms in total. The molecule has 0 radical (unpaired) electrons. The molecule has 0 bridgehead atoms. The van der Waals surface area contributed by atoms with Crippen LogP contribution >= 0.6 is 0 Å². The molecule has 0 atom stereocenters. The molecule has 4 aromatic carbocycles. The highest BCUT2D eigenvalue weighted by molar-refractivity contribution is 5.77. The van der Waals surface area contributed by atoms with Crippen molar-refractivity contribution >= 4 is 35.3 Å². The fraction of sp³-hybridized carbons (Fsp3) is 0. The van der Waals surface area contributed by atoms with E-state index in [9.17, 15) is 9.59 Å². The molecule has 146 valence electrons. The minimum atomic E-state index is 0.659. The second-order valence-electron chi connectivity index (χ2n) is 6.88. The SMILES string of the molecule is O=Cc1ccc(Nc2ccc(-c3ccc(Nc4ccc(C=O)cc4)cc3)cc2)cc1. The molecule has 0 aromatic heterocycles. The van der Waals surface area contributed by atoms with Gasteiger partial charge >= 0.3 is 0 Å². The maximum atomic E-state index is 10.7. The number of hydrogen-bond acceptors (Lipinski definition) is 4. The van der Waals surface area contributed by atoms with Crippen molar-refractivity contribution in [2.24, 2.45) is 0 Å². The molecular formula is C26H20N2O2. The van der Waals surface area contributed by atoms with Crippen LogP contribution in [0.2, 0.25) is 0 Å². The number of anilines is 4. The van der Waals surface area contributed by atoms with Crippen molar-refractivity contribution < 1.29 is 9.59 Å². The first-order chi connectivity index (χ1) is 14.7. The predicted octanol–water partition coefficient (Wildman–Crippen LogP) is 6.47. The summed E-state index contributed by atoms with van der Waals surface area (Å²) in [6, 6.07) is 31.1. The molecule has 0 aliphatic heterocycles. The third-order valence-corrected chi connectivity index (χ3v) is 4.77. The first-order valence-electron chi connectivity index (χ1n) is 9.58. The zero-order valence-electron chi connectivity index (χ0n) is 16.2. The lowest BCUT2D eigenvalue weighted by Gasteiger charge is -2.10. The van der Waals surface area contributed by atoms with Crippen molar-refractivity contribution in [3.63, 3.8) is 0 Å². The van der Waals surface area contributed by atoms with E-state index in [-0.39, 0.29) is 0 Å². The Morgan fingerprint density at radius 3 is 0.933 bits per heavy atom. The van der Waals surface area contributed by atoms with Crippen LogP contribution in [0.15, 0.2) is 97.1 Å². The number of rotatable bonds is 7. The summed E-state index contributed by atoms with van der Waals surface area (Å²) in [6.07, 6.45) is 1.67. The molecule has 0 unspecified atom stereocenters. The molecule has 0 spiro atoms. The van der Waals surface area contributed by atoms with E-state index in [1.54, 1.807) is 24.3 Å². The molecule has 0 aliphatic carbocycles. The quantitative estimate of drug-likeness (QED) is 0.354. The van der Waals surface area contributed by atoms with E-state index in [1.807, 2.05) is 48.5 Å². The van der Waals surface area contributed by atoms with Crippen LogP contribution in [-0.4, -0.2) is 12.6 Å². The van der Waals surface area contributed by atoms with Crippen LogP contribution in [0.4, 0.5) is 22.7 Å². The second-order valence-corrected chi connectivity index (χ2v) is 6.88. The third-order valence-electron chi connectivity index (χ3n) is 4.77. The van der Waals surface area contributed by atoms with Crippen LogP contribution in [-0.2, 0) is 0 Å². The average Bonchev–Trinajstić information content (AvgIpc) is 2.81. The maximum Gasteiger partial charge on any atom is 0.150 e. The highest BCUT2D eigenvalue weighted by atomic mass is 16.1. The smallest absolute Gasteiger partial charge is 0.150 e. The van der Waals surface area contributed by atoms with Crippen molar-refractivity contribution in [1.29, 1.82) is 0 Å². The standard InChI is InChI=1S/C26H20N2O2/c29-17-19-1-9-23(10-2-19)27-25-13-5-21(6-14-25)22-7-15-26(16-8-22)28-24-11-3-20(18-30)4-12-24/h1-18,27-28H. The summed E-state index contributed by atoms with van der Waals surface area (Å²) in [7, 11) is 0. The first kappa shape index (κ1) is 19.2. The number of carbonyl (C=O) groups is 2. The number of benzene rings is 4. The largest absolute Gasteiger partial charge is 0.356 e. The molecule has 0 fully saturated rings. The number of nitrogens with one attached hydrogen (secondary N) is 2. The molecule has 4 rings (SSSR count). The zero-order valence-corrected chi connectivity index (χ0v) is 16.2. The van der Waals surface area contributed by atoms with Gasteiger partial charge in [-0.05, 0) is 83.9 Å². The minimum Gasteiger partial charge on any atom is -0.356 e. The summed E-state index contributed by atoms with van der Waals surface area (Å²) in [5, 5.41) is 6.66. The molecule has 0 saturated heterocycles. The lowest BCUT2D eigenvalue weighted by atomic mass is 10.0. The van der Waals surface area contributed by atoms with Crippen LogP contribution in [0, 0.1) is 0 Å². The van der Waals surface area contributed by atoms with E-state index >= 15 is 0 Å². The van der Waals surface area contributed by atoms with Crippen LogP contribution < -0.4 is 10.6 Å². The van der Waals surface area contributed by atoms with Gasteiger partial charge in [0.2, 0.25) is 0 Å². The molecule has 0 saturated carbocycles. The Hall–Kier alpha value is -4.18. The molecule has 4 aromatic rings. The lowest BCUT2D eigenvalue weighted by molar-refractivity contribution is 0.111. The maximum absolute atomic E-state index is 10.7. The fourth-order valence-electron chi connectivity index (χ4n) is 3.12. The number of carbonyl (C=O) groups excluding carboxylic acids is 2. The summed E-state index contributed by atoms with van der Waals surface area (Å²) < 4.78 is 0. The molecule has 30 heavy (non-hydrogen) atoms. The normalized spacial score (nSPS) is 10.3. The molecule has 0 aliphatic rings. The Balaban J connectivity index is 1.41. The third kappa shape index (κ3) is 4.62. The molecule has 0 amide bonds. The summed E-state index contributed by atoms with van der Waals surface area (Å²) in [5.74, 6) is 0. The molecular weight excluding hydrogens is 372 g/mol. The van der Waals surface area contributed by atoms with Crippen LogP contribution in [0.3, 0.4) is 0 Å². The minimum absolute atomic E-state index is 0.659. The first-order valence-corrected chi connectivity index (χ1v) is 9.58. The highest BCUT2D eigenvalue weighted by Gasteiger charge is 2.01. The van der Waals surface area contributed by atoms with E-state index in [2.05, 4.69) is 34.9 Å². The Morgan fingerprint density at radius 2 is 0.667 bits per heavy atom. The van der Waals surface area contributed by atoms with Gasteiger partial charge in [0.25, 0.3) is 0 Å². The number of hydrogen-bond donors (Lipinski definition) is 2. The summed E-state index contributed by atoms with van der Waals surface area (Å²) in [6.45, 7) is 0. The summed E-state index contributed by atoms with van der Waals surface area (Å²) >= 11 is 0. The van der Waals surface area contributed by atoms with Crippen LogP contribution in [0.1, 0.15) is 20.7 Å². The highest BCUT2D eigenvalue weighted by Crippen LogP contribution is 2.26. The lowest BCUT2D eigenvalue weighted by Crippen LogP contribution is -1.91. The van der Waals surface area contributed by atoms with Gasteiger partial charge in [-0.25, -0.2) is 0 Å². The number of aldehydes is 2. The van der Waals surface area contributed by atoms with E-state index in [1.165, 1.54) is 0 Å². The van der Waals surface area contributed by atoms with Crippen LogP contribution in [0.25, 0.3) is 11.1 Å². The molecule has 4 heteroatoms. The fourth-order valence-corrected chi connectivity index (χ4v) is 3.12. The summed E-state index contributed by atoms with van der Waals surface area (Å²) in [5.41, 5.74) is 7.40. The Morgan fingerprint density at radius 1 is 0.400 bits per heavy atom. The van der Waals surface area contributed by atoms with Crippen molar-refractivity contribution in [1.82, 2.24) is 0 Å². The molecule has 2 N–H and O–H groups in total. The van der Waals surface area contributed by atoms with Gasteiger partial charge in [-0.3, -0.25) is 9.59 Å². The van der Waals surface area contributed by atoms with Gasteiger partial charge in [-0.1, -0.05) is 24.3 Å². The van der Waals surface area contributed by atoms with E-state index < -0.39 is 0 Å².